The number of likely N-dealkylation sites (tertiary alicyclic amines) is 2. The second-order valence-electron chi connectivity index (χ2n) is 11.6. The minimum Gasteiger partial charge on any atom is -0.493 e. The number of hydrogen-bond donors (Lipinski definition) is 2. The molecule has 3 aliphatic rings. The number of aromatic nitrogens is 1. The van der Waals surface area contributed by atoms with Gasteiger partial charge in [-0.05, 0) is 107 Å². The third kappa shape index (κ3) is 8.89. The van der Waals surface area contributed by atoms with Crippen molar-refractivity contribution in [2.45, 2.75) is 58.0 Å². The van der Waals surface area contributed by atoms with Gasteiger partial charge >= 0.3 is 11.9 Å². The molecule has 1 saturated carbocycles. The molecule has 0 unspecified atom stereocenters. The molecule has 2 aliphatic heterocycles. The average Bonchev–Trinajstić information content (AvgIpc) is 3.54. The zero-order chi connectivity index (χ0) is 30.2. The third-order valence-corrected chi connectivity index (χ3v) is 9.27. The van der Waals surface area contributed by atoms with E-state index in [1.165, 1.54) is 47.9 Å². The summed E-state index contributed by atoms with van der Waals surface area (Å²) in [5.41, 5.74) is 3.22. The van der Waals surface area contributed by atoms with E-state index in [0.717, 1.165) is 92.5 Å². The summed E-state index contributed by atoms with van der Waals surface area (Å²) < 4.78 is 12.2. The van der Waals surface area contributed by atoms with E-state index in [1.807, 2.05) is 6.07 Å². The van der Waals surface area contributed by atoms with Gasteiger partial charge in [-0.15, -0.1) is 11.3 Å². The van der Waals surface area contributed by atoms with Gasteiger partial charge in [0.1, 0.15) is 16.7 Å². The molecule has 0 amide bonds. The topological polar surface area (TPSA) is 140 Å². The van der Waals surface area contributed by atoms with Gasteiger partial charge in [-0.25, -0.2) is 9.59 Å². The lowest BCUT2D eigenvalue weighted by molar-refractivity contribution is -0.134. The fraction of sp³-hybridized carbons (Fsp3) is 0.500. The fourth-order valence-corrected chi connectivity index (χ4v) is 6.32. The van der Waals surface area contributed by atoms with Crippen molar-refractivity contribution in [3.05, 3.63) is 57.4 Å². The Bertz CT molecular complexity index is 1460. The van der Waals surface area contributed by atoms with Crippen LogP contribution in [0.4, 0.5) is 0 Å². The van der Waals surface area contributed by atoms with Crippen LogP contribution in [0.25, 0.3) is 11.0 Å². The number of aryl methyl sites for hydroxylation is 1. The van der Waals surface area contributed by atoms with Crippen LogP contribution in [0.3, 0.4) is 0 Å². The van der Waals surface area contributed by atoms with Crippen LogP contribution >= 0.6 is 11.3 Å². The van der Waals surface area contributed by atoms with Gasteiger partial charge in [-0.2, -0.15) is 5.26 Å². The molecule has 228 valence electrons. The van der Waals surface area contributed by atoms with Crippen LogP contribution in [0.1, 0.15) is 59.5 Å². The van der Waals surface area contributed by atoms with Crippen molar-refractivity contribution in [2.24, 2.45) is 11.8 Å². The van der Waals surface area contributed by atoms with Gasteiger partial charge in [0.15, 0.2) is 5.58 Å². The SMILES string of the molecule is N#Cc1ccc(CN2CCC(CCc3noc4c(CN5CCC5)c(OCC5CC5)ccc34)CC2)s1.O=C(O)/C=C/C(=O)O. The van der Waals surface area contributed by atoms with Crippen LogP contribution in [-0.4, -0.2) is 69.9 Å². The van der Waals surface area contributed by atoms with E-state index in [2.05, 4.69) is 39.2 Å². The summed E-state index contributed by atoms with van der Waals surface area (Å²) in [5, 5.41) is 30.4. The monoisotopic (exact) mass is 606 g/mol. The molecule has 2 aromatic heterocycles. The molecular formula is C32H38N4O6S. The number of carboxylic acids is 2. The first-order chi connectivity index (χ1) is 20.9. The number of nitrogens with zero attached hydrogens (tertiary/aromatic N) is 4. The van der Waals surface area contributed by atoms with Gasteiger partial charge < -0.3 is 19.5 Å². The molecule has 1 aliphatic carbocycles. The average molecular weight is 607 g/mol. The molecule has 3 fully saturated rings. The first kappa shape index (κ1) is 30.7. The minimum absolute atomic E-state index is 0.558. The molecular weight excluding hydrogens is 568 g/mol. The fourth-order valence-electron chi connectivity index (χ4n) is 5.47. The molecule has 0 atom stereocenters. The number of nitriles is 1. The summed E-state index contributed by atoms with van der Waals surface area (Å²) >= 11 is 1.62. The zero-order valence-electron chi connectivity index (χ0n) is 24.2. The highest BCUT2D eigenvalue weighted by atomic mass is 32.1. The number of carbonyl (C=O) groups is 2. The smallest absolute Gasteiger partial charge is 0.328 e. The van der Waals surface area contributed by atoms with E-state index < -0.39 is 11.9 Å². The van der Waals surface area contributed by atoms with Gasteiger partial charge in [-0.1, -0.05) is 5.16 Å². The summed E-state index contributed by atoms with van der Waals surface area (Å²) in [5.74, 6) is -0.0592. The van der Waals surface area contributed by atoms with Crippen LogP contribution in [0.15, 0.2) is 40.9 Å². The molecule has 0 bridgehead atoms. The number of benzene rings is 1. The van der Waals surface area contributed by atoms with E-state index in [9.17, 15) is 9.59 Å². The standard InChI is InChI=1S/C28H34N4O2S.C4H4O4/c29-16-22-5-6-23(35-22)17-32-14-10-20(11-15-32)4-8-26-24-7-9-27(33-19-21-2-3-21)25(28(24)34-30-26)18-31-12-1-13-31;5-3(6)1-2-4(7)8/h5-7,9,20-21H,1-4,8,10-15,17-19H2;1-2H,(H,5,6)(H,7,8)/b;2-1+. The molecule has 0 spiro atoms. The lowest BCUT2D eigenvalue weighted by Gasteiger charge is -2.31. The Morgan fingerprint density at radius 2 is 1.72 bits per heavy atom. The third-order valence-electron chi connectivity index (χ3n) is 8.29. The van der Waals surface area contributed by atoms with Crippen LogP contribution in [0.2, 0.25) is 0 Å². The molecule has 0 radical (unpaired) electrons. The number of hydrogen-bond acceptors (Lipinski definition) is 9. The molecule has 1 aromatic carbocycles. The Hall–Kier alpha value is -3.72. The largest absolute Gasteiger partial charge is 0.493 e. The predicted octanol–water partition coefficient (Wildman–Crippen LogP) is 5.31. The van der Waals surface area contributed by atoms with Crippen LogP contribution in [0.5, 0.6) is 5.75 Å². The number of aliphatic carboxylic acids is 2. The summed E-state index contributed by atoms with van der Waals surface area (Å²) in [7, 11) is 0. The van der Waals surface area contributed by atoms with Crippen molar-refractivity contribution in [3.63, 3.8) is 0 Å². The predicted molar refractivity (Wildman–Crippen MR) is 162 cm³/mol. The Morgan fingerprint density at radius 3 is 2.33 bits per heavy atom. The van der Waals surface area contributed by atoms with Crippen LogP contribution < -0.4 is 4.74 Å². The lowest BCUT2D eigenvalue weighted by atomic mass is 9.91. The van der Waals surface area contributed by atoms with Crippen molar-refractivity contribution in [1.82, 2.24) is 15.0 Å². The molecule has 2 saturated heterocycles. The highest BCUT2D eigenvalue weighted by molar-refractivity contribution is 7.12. The number of thiophene rings is 1. The van der Waals surface area contributed by atoms with Gasteiger partial charge in [0.2, 0.25) is 0 Å². The summed E-state index contributed by atoms with van der Waals surface area (Å²) in [6, 6.07) is 10.6. The minimum atomic E-state index is -1.26. The lowest BCUT2D eigenvalue weighted by Crippen LogP contribution is -2.36. The van der Waals surface area contributed by atoms with E-state index in [0.29, 0.717) is 12.2 Å². The molecule has 4 heterocycles. The first-order valence-corrected chi connectivity index (χ1v) is 15.8. The highest BCUT2D eigenvalue weighted by Crippen LogP contribution is 2.36. The van der Waals surface area contributed by atoms with Gasteiger partial charge in [0.05, 0.1) is 17.9 Å². The maximum atomic E-state index is 9.55. The molecule has 11 heteroatoms. The second kappa shape index (κ2) is 14.6. The maximum Gasteiger partial charge on any atom is 0.328 e. The van der Waals surface area contributed by atoms with Crippen LogP contribution in [-0.2, 0) is 29.1 Å². The number of rotatable bonds is 12. The maximum absolute atomic E-state index is 9.55. The van der Waals surface area contributed by atoms with Crippen molar-refractivity contribution >= 4 is 34.2 Å². The molecule has 6 rings (SSSR count). The molecule has 3 aromatic rings. The van der Waals surface area contributed by atoms with E-state index in [-0.39, 0.29) is 0 Å². The Labute approximate surface area is 255 Å². The Balaban J connectivity index is 0.000000407. The number of piperidine rings is 1. The van der Waals surface area contributed by atoms with E-state index >= 15 is 0 Å². The van der Waals surface area contributed by atoms with E-state index in [1.54, 1.807) is 11.3 Å². The summed E-state index contributed by atoms with van der Waals surface area (Å²) in [6.07, 6.45) is 9.58. The van der Waals surface area contributed by atoms with E-state index in [4.69, 9.17) is 24.7 Å². The van der Waals surface area contributed by atoms with Crippen molar-refractivity contribution in [3.8, 4) is 11.8 Å². The first-order valence-electron chi connectivity index (χ1n) is 15.0. The number of carboxylic acid groups (broad SMARTS) is 2. The summed E-state index contributed by atoms with van der Waals surface area (Å²) in [6.45, 7) is 7.26. The summed E-state index contributed by atoms with van der Waals surface area (Å²) in [4.78, 5) is 26.2. The quantitative estimate of drug-likeness (QED) is 0.261. The molecule has 10 nitrogen and oxygen atoms in total. The van der Waals surface area contributed by atoms with Crippen molar-refractivity contribution in [1.29, 1.82) is 5.26 Å². The zero-order valence-corrected chi connectivity index (χ0v) is 25.1. The second-order valence-corrected chi connectivity index (χ2v) is 12.7. The van der Waals surface area contributed by atoms with Crippen molar-refractivity contribution < 1.29 is 29.1 Å². The van der Waals surface area contributed by atoms with Gasteiger partial charge in [-0.3, -0.25) is 9.80 Å². The molecule has 2 N–H and O–H groups in total. The van der Waals surface area contributed by atoms with Gasteiger partial charge in [0, 0.05) is 35.5 Å². The number of fused-ring (bicyclic) bond motifs is 1. The normalized spacial score (nSPS) is 17.7. The Kier molecular flexibility index (Phi) is 10.5. The number of ether oxygens (including phenoxy) is 1. The van der Waals surface area contributed by atoms with Gasteiger partial charge in [0.25, 0.3) is 0 Å². The van der Waals surface area contributed by atoms with Crippen molar-refractivity contribution in [2.75, 3.05) is 32.8 Å². The van der Waals surface area contributed by atoms with Crippen LogP contribution in [0, 0.1) is 23.2 Å². The molecule has 43 heavy (non-hydrogen) atoms. The Morgan fingerprint density at radius 1 is 1.00 bits per heavy atom. The highest BCUT2D eigenvalue weighted by Gasteiger charge is 2.26.